The van der Waals surface area contributed by atoms with Crippen LogP contribution in [0.5, 0.6) is 0 Å². The molecule has 0 aromatic carbocycles. The van der Waals surface area contributed by atoms with Gasteiger partial charge >= 0.3 is 5.97 Å². The highest BCUT2D eigenvalue weighted by atomic mass is 16.6. The first-order valence-corrected chi connectivity index (χ1v) is 9.16. The highest BCUT2D eigenvalue weighted by Crippen LogP contribution is 2.66. The summed E-state index contributed by atoms with van der Waals surface area (Å²) in [7, 11) is 0. The van der Waals surface area contributed by atoms with Crippen molar-refractivity contribution < 1.29 is 14.3 Å². The molecule has 2 atom stereocenters. The van der Waals surface area contributed by atoms with Crippen LogP contribution in [-0.4, -0.2) is 23.8 Å². The maximum absolute atomic E-state index is 10.7. The summed E-state index contributed by atoms with van der Waals surface area (Å²) in [5.41, 5.74) is 2.34. The number of esters is 1. The lowest BCUT2D eigenvalue weighted by Gasteiger charge is -2.36. The molecule has 0 aromatic rings. The number of rotatable bonds is 6. The molecule has 0 spiro atoms. The van der Waals surface area contributed by atoms with Gasteiger partial charge in [-0.25, -0.2) is 0 Å². The van der Waals surface area contributed by atoms with Crippen LogP contribution in [0.2, 0.25) is 0 Å². The number of carbonyl (C=O) groups excluding carboxylic acids is 1. The third-order valence-corrected chi connectivity index (χ3v) is 5.58. The van der Waals surface area contributed by atoms with Crippen molar-refractivity contribution in [1.29, 1.82) is 0 Å². The van der Waals surface area contributed by atoms with Gasteiger partial charge in [0.15, 0.2) is 0 Å². The third kappa shape index (κ3) is 4.33. The van der Waals surface area contributed by atoms with Gasteiger partial charge in [0.1, 0.15) is 12.2 Å². The van der Waals surface area contributed by atoms with Gasteiger partial charge in [0.2, 0.25) is 0 Å². The predicted octanol–water partition coefficient (Wildman–Crippen LogP) is 5.29. The van der Waals surface area contributed by atoms with Crippen molar-refractivity contribution in [2.24, 2.45) is 5.41 Å². The average Bonchev–Trinajstić information content (AvgIpc) is 3.12. The Morgan fingerprint density at radius 2 is 1.80 bits per heavy atom. The Hall–Kier alpha value is -1.61. The van der Waals surface area contributed by atoms with Crippen LogP contribution in [-0.2, 0) is 14.3 Å². The van der Waals surface area contributed by atoms with Gasteiger partial charge in [-0.15, -0.1) is 0 Å². The lowest BCUT2D eigenvalue weighted by Crippen LogP contribution is -2.41. The molecule has 1 aliphatic heterocycles. The Labute approximate surface area is 152 Å². The first-order valence-electron chi connectivity index (χ1n) is 9.16. The van der Waals surface area contributed by atoms with Crippen LogP contribution in [0.4, 0.5) is 0 Å². The van der Waals surface area contributed by atoms with Crippen LogP contribution >= 0.6 is 0 Å². The molecule has 138 valence electrons. The molecular formula is C22H32O3. The zero-order valence-electron chi connectivity index (χ0n) is 16.5. The van der Waals surface area contributed by atoms with Crippen molar-refractivity contribution in [1.82, 2.24) is 0 Å². The predicted molar refractivity (Wildman–Crippen MR) is 102 cm³/mol. The largest absolute Gasteiger partial charge is 0.462 e. The van der Waals surface area contributed by atoms with E-state index in [1.807, 2.05) is 25.2 Å². The summed E-state index contributed by atoms with van der Waals surface area (Å²) in [4.78, 5) is 10.7. The summed E-state index contributed by atoms with van der Waals surface area (Å²) < 4.78 is 11.1. The summed E-state index contributed by atoms with van der Waals surface area (Å²) in [5, 5.41) is 0. The summed E-state index contributed by atoms with van der Waals surface area (Å²) >= 11 is 0. The molecule has 0 bridgehead atoms. The zero-order valence-corrected chi connectivity index (χ0v) is 16.5. The molecule has 2 aliphatic rings. The van der Waals surface area contributed by atoms with Crippen molar-refractivity contribution in [2.75, 3.05) is 6.61 Å². The van der Waals surface area contributed by atoms with E-state index in [2.05, 4.69) is 45.9 Å². The second-order valence-electron chi connectivity index (χ2n) is 8.16. The fourth-order valence-corrected chi connectivity index (χ4v) is 3.92. The molecule has 3 nitrogen and oxygen atoms in total. The van der Waals surface area contributed by atoms with E-state index >= 15 is 0 Å². The van der Waals surface area contributed by atoms with E-state index in [1.165, 1.54) is 25.3 Å². The number of carbonyl (C=O) groups is 1. The van der Waals surface area contributed by atoms with E-state index < -0.39 is 0 Å². The Morgan fingerprint density at radius 1 is 1.08 bits per heavy atom. The zero-order chi connectivity index (χ0) is 18.7. The van der Waals surface area contributed by atoms with E-state index in [9.17, 15) is 4.79 Å². The second-order valence-corrected chi connectivity index (χ2v) is 8.16. The molecule has 0 radical (unpaired) electrons. The van der Waals surface area contributed by atoms with Crippen LogP contribution in [0.3, 0.4) is 0 Å². The van der Waals surface area contributed by atoms with Gasteiger partial charge in [0, 0.05) is 12.3 Å². The van der Waals surface area contributed by atoms with Crippen LogP contribution < -0.4 is 0 Å². The Kier molecular flexibility index (Phi) is 5.78. The molecule has 0 N–H and O–H groups in total. The van der Waals surface area contributed by atoms with Crippen molar-refractivity contribution in [3.63, 3.8) is 0 Å². The Balaban J connectivity index is 1.96. The topological polar surface area (TPSA) is 38.8 Å². The molecule has 2 rings (SSSR count). The fraction of sp³-hybridized carbons (Fsp3) is 0.591. The molecule has 0 aromatic heterocycles. The lowest BCUT2D eigenvalue weighted by atomic mass is 9.64. The molecule has 0 amide bonds. The van der Waals surface area contributed by atoms with Crippen LogP contribution in [0.15, 0.2) is 47.6 Å². The fourth-order valence-electron chi connectivity index (χ4n) is 3.92. The van der Waals surface area contributed by atoms with Gasteiger partial charge in [-0.05, 0) is 52.2 Å². The minimum absolute atomic E-state index is 0.0113. The number of epoxide rings is 1. The minimum atomic E-state index is -0.256. The first-order chi connectivity index (χ1) is 11.6. The Bertz CT molecular complexity index is 636. The number of fused-ring (bicyclic) bond motifs is 1. The van der Waals surface area contributed by atoms with Gasteiger partial charge in [-0.3, -0.25) is 4.79 Å². The van der Waals surface area contributed by atoms with E-state index in [-0.39, 0.29) is 22.6 Å². The van der Waals surface area contributed by atoms with Gasteiger partial charge in [-0.1, -0.05) is 49.3 Å². The van der Waals surface area contributed by atoms with Gasteiger partial charge in [-0.2, -0.15) is 0 Å². The lowest BCUT2D eigenvalue weighted by molar-refractivity contribution is -0.139. The standard InChI is InChI=1S/C22H32O3/c1-17(9-7-10-18(2)12-16-24-19(3)23)11-15-22-20(4,5)13-8-14-21(22,6)25-22/h7,9-12,15H,8,13-14,16H2,1-6H3. The summed E-state index contributed by atoms with van der Waals surface area (Å²) in [6.45, 7) is 12.7. The van der Waals surface area contributed by atoms with Crippen LogP contribution in [0, 0.1) is 5.41 Å². The van der Waals surface area contributed by atoms with Crippen molar-refractivity contribution in [3.05, 3.63) is 47.6 Å². The maximum Gasteiger partial charge on any atom is 0.302 e. The number of hydrogen-bond acceptors (Lipinski definition) is 3. The molecule has 25 heavy (non-hydrogen) atoms. The van der Waals surface area contributed by atoms with Gasteiger partial charge < -0.3 is 9.47 Å². The van der Waals surface area contributed by atoms with E-state index in [4.69, 9.17) is 9.47 Å². The molecule has 1 saturated carbocycles. The van der Waals surface area contributed by atoms with Crippen molar-refractivity contribution in [2.45, 2.75) is 72.0 Å². The second kappa shape index (κ2) is 7.33. The van der Waals surface area contributed by atoms with Crippen LogP contribution in [0.1, 0.15) is 60.8 Å². The monoisotopic (exact) mass is 344 g/mol. The van der Waals surface area contributed by atoms with Crippen LogP contribution in [0.25, 0.3) is 0 Å². The van der Waals surface area contributed by atoms with Crippen molar-refractivity contribution in [3.8, 4) is 0 Å². The highest BCUT2D eigenvalue weighted by molar-refractivity contribution is 5.66. The molecular weight excluding hydrogens is 312 g/mol. The molecule has 3 heteroatoms. The van der Waals surface area contributed by atoms with E-state index in [0.717, 1.165) is 12.0 Å². The Morgan fingerprint density at radius 3 is 2.44 bits per heavy atom. The summed E-state index contributed by atoms with van der Waals surface area (Å²) in [5.74, 6) is -0.256. The number of ether oxygens (including phenoxy) is 2. The first kappa shape index (κ1) is 19.7. The summed E-state index contributed by atoms with van der Waals surface area (Å²) in [6.07, 6.45) is 16.1. The third-order valence-electron chi connectivity index (χ3n) is 5.58. The molecule has 2 unspecified atom stereocenters. The summed E-state index contributed by atoms with van der Waals surface area (Å²) in [6, 6.07) is 0. The normalized spacial score (nSPS) is 32.1. The smallest absolute Gasteiger partial charge is 0.302 e. The van der Waals surface area contributed by atoms with E-state index in [1.54, 1.807) is 0 Å². The number of hydrogen-bond donors (Lipinski definition) is 0. The quantitative estimate of drug-likeness (QED) is 0.373. The highest BCUT2D eigenvalue weighted by Gasteiger charge is 2.73. The minimum Gasteiger partial charge on any atom is -0.462 e. The molecule has 1 aliphatic carbocycles. The van der Waals surface area contributed by atoms with Gasteiger partial charge in [0.25, 0.3) is 0 Å². The number of allylic oxidation sites excluding steroid dienone is 6. The SMILES string of the molecule is CC(=O)OCC=C(C)C=CC=C(C)C=CC12OC1(C)CCCC2(C)C. The van der Waals surface area contributed by atoms with E-state index in [0.29, 0.717) is 6.61 Å². The van der Waals surface area contributed by atoms with Crippen molar-refractivity contribution >= 4 is 5.97 Å². The average molecular weight is 344 g/mol. The molecule has 2 fully saturated rings. The molecule has 1 saturated heterocycles. The maximum atomic E-state index is 10.7. The molecule has 1 heterocycles. The van der Waals surface area contributed by atoms with Gasteiger partial charge in [0.05, 0.1) is 5.60 Å².